The van der Waals surface area contributed by atoms with E-state index < -0.39 is 0 Å². The fourth-order valence-electron chi connectivity index (χ4n) is 1.43. The third kappa shape index (κ3) is 3.10. The molecular weight excluding hydrogens is 250 g/mol. The Labute approximate surface area is 109 Å². The summed E-state index contributed by atoms with van der Waals surface area (Å²) < 4.78 is 0. The summed E-state index contributed by atoms with van der Waals surface area (Å²) in [6.07, 6.45) is 2.34. The van der Waals surface area contributed by atoms with Gasteiger partial charge < -0.3 is 10.4 Å². The number of amides is 1. The standard InChI is InChI=1S/C12H13N3O2S/c1-2-10-11(17)14-12(18-10)15-13-7-8-3-5-9(16)6-4-8/h3-7,10,16H,2H2,1H3,(H,14,15,17)/b13-7-/t10-/m1/s1. The number of amidine groups is 1. The van der Waals surface area contributed by atoms with Gasteiger partial charge in [0.2, 0.25) is 5.91 Å². The van der Waals surface area contributed by atoms with Crippen molar-refractivity contribution in [3.8, 4) is 5.75 Å². The minimum Gasteiger partial charge on any atom is -0.508 e. The van der Waals surface area contributed by atoms with Crippen LogP contribution < -0.4 is 5.32 Å². The molecule has 1 aliphatic rings. The Balaban J connectivity index is 1.99. The third-order valence-electron chi connectivity index (χ3n) is 2.40. The first-order valence-electron chi connectivity index (χ1n) is 5.56. The van der Waals surface area contributed by atoms with Crippen LogP contribution in [-0.2, 0) is 4.79 Å². The summed E-state index contributed by atoms with van der Waals surface area (Å²) in [5.74, 6) is 0.198. The number of hydrogen-bond acceptors (Lipinski definition) is 5. The lowest BCUT2D eigenvalue weighted by atomic mass is 10.2. The van der Waals surface area contributed by atoms with Crippen molar-refractivity contribution in [1.29, 1.82) is 0 Å². The number of nitrogens with zero attached hydrogens (tertiary/aromatic N) is 2. The summed E-state index contributed by atoms with van der Waals surface area (Å²) in [5.41, 5.74) is 0.832. The highest BCUT2D eigenvalue weighted by molar-refractivity contribution is 8.15. The lowest BCUT2D eigenvalue weighted by Gasteiger charge is -1.95. The van der Waals surface area contributed by atoms with Crippen molar-refractivity contribution in [2.24, 2.45) is 10.2 Å². The molecule has 0 radical (unpaired) electrons. The van der Waals surface area contributed by atoms with Gasteiger partial charge in [-0.15, -0.1) is 5.10 Å². The van der Waals surface area contributed by atoms with Gasteiger partial charge in [0.05, 0.1) is 11.5 Å². The van der Waals surface area contributed by atoms with Gasteiger partial charge >= 0.3 is 0 Å². The lowest BCUT2D eigenvalue weighted by Crippen LogP contribution is -2.24. The summed E-state index contributed by atoms with van der Waals surface area (Å²) in [6, 6.07) is 6.61. The average Bonchev–Trinajstić information content (AvgIpc) is 2.72. The van der Waals surface area contributed by atoms with E-state index in [-0.39, 0.29) is 16.9 Å². The number of phenolic OH excluding ortho intramolecular Hbond substituents is 1. The highest BCUT2D eigenvalue weighted by atomic mass is 32.2. The van der Waals surface area contributed by atoms with Crippen LogP contribution in [0.4, 0.5) is 0 Å². The molecule has 1 heterocycles. The van der Waals surface area contributed by atoms with Gasteiger partial charge in [-0.05, 0) is 36.2 Å². The van der Waals surface area contributed by atoms with Crippen LogP contribution in [0.5, 0.6) is 5.75 Å². The smallest absolute Gasteiger partial charge is 0.239 e. The number of carbonyl (C=O) groups is 1. The van der Waals surface area contributed by atoms with Crippen molar-refractivity contribution in [2.75, 3.05) is 0 Å². The fraction of sp³-hybridized carbons (Fsp3) is 0.250. The monoisotopic (exact) mass is 263 g/mol. The first kappa shape index (κ1) is 12.6. The van der Waals surface area contributed by atoms with Gasteiger partial charge in [0.1, 0.15) is 5.75 Å². The first-order chi connectivity index (χ1) is 8.69. The summed E-state index contributed by atoms with van der Waals surface area (Å²) in [6.45, 7) is 1.96. The molecule has 1 aromatic carbocycles. The molecule has 0 saturated carbocycles. The van der Waals surface area contributed by atoms with Gasteiger partial charge in [-0.1, -0.05) is 18.7 Å². The quantitative estimate of drug-likeness (QED) is 0.644. The van der Waals surface area contributed by atoms with Gasteiger partial charge in [-0.25, -0.2) is 0 Å². The van der Waals surface area contributed by atoms with Crippen molar-refractivity contribution < 1.29 is 9.90 Å². The van der Waals surface area contributed by atoms with E-state index in [2.05, 4.69) is 15.5 Å². The molecule has 0 unspecified atom stereocenters. The zero-order chi connectivity index (χ0) is 13.0. The molecule has 18 heavy (non-hydrogen) atoms. The second-order valence-corrected chi connectivity index (χ2v) is 4.94. The Morgan fingerprint density at radius 2 is 2.17 bits per heavy atom. The van der Waals surface area contributed by atoms with E-state index in [0.29, 0.717) is 5.17 Å². The van der Waals surface area contributed by atoms with Crippen molar-refractivity contribution in [1.82, 2.24) is 5.32 Å². The molecule has 0 aliphatic carbocycles. The number of carbonyl (C=O) groups excluding carboxylic acids is 1. The van der Waals surface area contributed by atoms with Crippen molar-refractivity contribution >= 4 is 29.1 Å². The molecule has 2 N–H and O–H groups in total. The maximum atomic E-state index is 11.4. The van der Waals surface area contributed by atoms with E-state index in [1.54, 1.807) is 30.5 Å². The Morgan fingerprint density at radius 3 is 2.78 bits per heavy atom. The Morgan fingerprint density at radius 1 is 1.44 bits per heavy atom. The Kier molecular flexibility index (Phi) is 3.99. The van der Waals surface area contributed by atoms with Crippen LogP contribution in [0, 0.1) is 0 Å². The molecule has 1 saturated heterocycles. The summed E-state index contributed by atoms with van der Waals surface area (Å²) in [7, 11) is 0. The molecule has 94 valence electrons. The summed E-state index contributed by atoms with van der Waals surface area (Å²) in [4.78, 5) is 11.4. The predicted molar refractivity (Wildman–Crippen MR) is 72.9 cm³/mol. The number of phenols is 1. The van der Waals surface area contributed by atoms with Crippen molar-refractivity contribution in [2.45, 2.75) is 18.6 Å². The van der Waals surface area contributed by atoms with Crippen LogP contribution in [0.3, 0.4) is 0 Å². The van der Waals surface area contributed by atoms with Gasteiger partial charge in [-0.2, -0.15) is 5.10 Å². The maximum absolute atomic E-state index is 11.4. The van der Waals surface area contributed by atoms with Crippen LogP contribution >= 0.6 is 11.8 Å². The molecule has 0 bridgehead atoms. The van der Waals surface area contributed by atoms with Gasteiger partial charge in [0, 0.05) is 0 Å². The van der Waals surface area contributed by atoms with Crippen LogP contribution in [0.25, 0.3) is 0 Å². The molecule has 1 fully saturated rings. The molecule has 1 aromatic rings. The number of nitrogens with one attached hydrogen (secondary N) is 1. The van der Waals surface area contributed by atoms with Crippen molar-refractivity contribution in [3.05, 3.63) is 29.8 Å². The second kappa shape index (κ2) is 5.68. The van der Waals surface area contributed by atoms with Gasteiger partial charge in [0.15, 0.2) is 5.17 Å². The molecule has 1 aliphatic heterocycles. The van der Waals surface area contributed by atoms with Crippen LogP contribution in [0.15, 0.2) is 34.5 Å². The highest BCUT2D eigenvalue weighted by Crippen LogP contribution is 2.21. The number of rotatable bonds is 3. The predicted octanol–water partition coefficient (Wildman–Crippen LogP) is 1.72. The van der Waals surface area contributed by atoms with E-state index in [4.69, 9.17) is 5.11 Å². The number of aromatic hydroxyl groups is 1. The second-order valence-electron chi connectivity index (χ2n) is 3.75. The zero-order valence-electron chi connectivity index (χ0n) is 9.83. The molecular formula is C12H13N3O2S. The molecule has 0 spiro atoms. The fourth-order valence-corrected chi connectivity index (χ4v) is 2.29. The zero-order valence-corrected chi connectivity index (χ0v) is 10.6. The average molecular weight is 263 g/mol. The van der Waals surface area contributed by atoms with E-state index in [1.165, 1.54) is 11.8 Å². The van der Waals surface area contributed by atoms with E-state index >= 15 is 0 Å². The number of thioether (sulfide) groups is 1. The first-order valence-corrected chi connectivity index (χ1v) is 6.44. The lowest BCUT2D eigenvalue weighted by molar-refractivity contribution is -0.118. The largest absolute Gasteiger partial charge is 0.508 e. The van der Waals surface area contributed by atoms with Gasteiger partial charge in [0.25, 0.3) is 0 Å². The number of benzene rings is 1. The van der Waals surface area contributed by atoms with E-state index in [0.717, 1.165) is 12.0 Å². The minimum absolute atomic E-state index is 0.0129. The van der Waals surface area contributed by atoms with Crippen molar-refractivity contribution in [3.63, 3.8) is 0 Å². The topological polar surface area (TPSA) is 74.1 Å². The molecule has 5 nitrogen and oxygen atoms in total. The highest BCUT2D eigenvalue weighted by Gasteiger charge is 2.28. The Bertz CT molecular complexity index is 497. The van der Waals surface area contributed by atoms with Gasteiger partial charge in [-0.3, -0.25) is 4.79 Å². The Hall–Kier alpha value is -1.82. The molecule has 1 atom stereocenters. The number of hydrogen-bond donors (Lipinski definition) is 2. The van der Waals surface area contributed by atoms with Crippen LogP contribution in [0.2, 0.25) is 0 Å². The van der Waals surface area contributed by atoms with E-state index in [1.807, 2.05) is 6.92 Å². The third-order valence-corrected chi connectivity index (χ3v) is 3.63. The summed E-state index contributed by atoms with van der Waals surface area (Å²) >= 11 is 1.39. The molecule has 0 aromatic heterocycles. The normalized spacial score (nSPS) is 21.7. The molecule has 6 heteroatoms. The van der Waals surface area contributed by atoms with Crippen LogP contribution in [0.1, 0.15) is 18.9 Å². The summed E-state index contributed by atoms with van der Waals surface area (Å²) in [5, 5.41) is 20.1. The minimum atomic E-state index is -0.0624. The maximum Gasteiger partial charge on any atom is 0.239 e. The molecule has 1 amide bonds. The molecule has 2 rings (SSSR count). The SMILES string of the molecule is CC[C@H]1SC(=N/N=C\c2ccc(O)cc2)NC1=O. The van der Waals surface area contributed by atoms with E-state index in [9.17, 15) is 4.79 Å². The van der Waals surface area contributed by atoms with Crippen LogP contribution in [-0.4, -0.2) is 27.6 Å².